The highest BCUT2D eigenvalue weighted by molar-refractivity contribution is 7.34. The van der Waals surface area contributed by atoms with E-state index in [1.54, 1.807) is 0 Å². The number of nitrogens with one attached hydrogen (secondary N) is 1. The van der Waals surface area contributed by atoms with Gasteiger partial charge in [-0.15, -0.1) is 0 Å². The van der Waals surface area contributed by atoms with Crippen LogP contribution in [0.2, 0.25) is 0 Å². The van der Waals surface area contributed by atoms with Crippen LogP contribution in [-0.2, 0) is 15.8 Å². The van der Waals surface area contributed by atoms with Crippen molar-refractivity contribution < 1.29 is 24.5 Å². The summed E-state index contributed by atoms with van der Waals surface area (Å²) in [7, 11) is -2.95. The van der Waals surface area contributed by atoms with E-state index in [1.165, 1.54) is 24.3 Å². The second kappa shape index (κ2) is 7.30. The van der Waals surface area contributed by atoms with Crippen molar-refractivity contribution in [3.8, 4) is 5.75 Å². The predicted molar refractivity (Wildman–Crippen MR) is 65.1 cm³/mol. The number of aromatic hydroxyl groups is 1. The highest BCUT2D eigenvalue weighted by Gasteiger charge is 2.22. The molecule has 6 nitrogen and oxygen atoms in total. The molecule has 0 saturated carbocycles. The highest BCUT2D eigenvalue weighted by Crippen LogP contribution is 2.13. The monoisotopic (exact) mass is 277 g/mol. The molecule has 17 heavy (non-hydrogen) atoms. The Morgan fingerprint density at radius 2 is 1.94 bits per heavy atom. The normalized spacial score (nSPS) is 12.4. The zero-order valence-corrected chi connectivity index (χ0v) is 11.2. The molecule has 3 unspecified atom stereocenters. The fraction of sp³-hybridized carbons (Fsp3) is 0.222. The van der Waals surface area contributed by atoms with Gasteiger partial charge in [-0.25, -0.2) is 0 Å². The largest absolute Gasteiger partial charge is 0.578 e. The van der Waals surface area contributed by atoms with Crippen LogP contribution in [-0.4, -0.2) is 22.2 Å². The number of hydrogen-bond acceptors (Lipinski definition) is 4. The Hall–Kier alpha value is -1.06. The van der Waals surface area contributed by atoms with Gasteiger partial charge in [0.1, 0.15) is 5.75 Å². The Kier molecular flexibility index (Phi) is 6.85. The van der Waals surface area contributed by atoms with Crippen LogP contribution in [0.5, 0.6) is 5.75 Å². The van der Waals surface area contributed by atoms with E-state index in [0.717, 1.165) is 0 Å². The van der Waals surface area contributed by atoms with Crippen LogP contribution in [0.25, 0.3) is 0 Å². The molecular weight excluding hydrogens is 264 g/mol. The first kappa shape index (κ1) is 15.9. The summed E-state index contributed by atoms with van der Waals surface area (Å²) in [5.74, 6) is -1.18. The minimum atomic E-state index is -2.95. The van der Waals surface area contributed by atoms with E-state index >= 15 is 0 Å². The zero-order valence-electron chi connectivity index (χ0n) is 8.87. The van der Waals surface area contributed by atoms with E-state index in [1.807, 2.05) is 5.09 Å². The fourth-order valence-electron chi connectivity index (χ4n) is 1.18. The van der Waals surface area contributed by atoms with Crippen molar-refractivity contribution >= 4 is 24.0 Å². The van der Waals surface area contributed by atoms with Crippen molar-refractivity contribution in [1.82, 2.24) is 5.09 Å². The number of carbonyl (C=O) groups is 1. The number of hydrogen-bond donors (Lipinski definition) is 3. The molecule has 0 aromatic heterocycles. The maximum atomic E-state index is 10.7. The molecular formula is C9H13NO5P2. The molecule has 1 rings (SSSR count). The second-order valence-corrected chi connectivity index (χ2v) is 3.92. The molecule has 3 atom stereocenters. The Morgan fingerprint density at radius 3 is 2.35 bits per heavy atom. The molecule has 8 heteroatoms. The number of rotatable bonds is 5. The Morgan fingerprint density at radius 1 is 1.41 bits per heavy atom. The second-order valence-electron chi connectivity index (χ2n) is 3.15. The number of benzene rings is 1. The molecule has 1 aromatic rings. The SMILES string of the molecule is O=C(O)C(Cc1ccc(O)cc1)N[P+](=O)[O-].P. The minimum Gasteiger partial charge on any atom is -0.578 e. The van der Waals surface area contributed by atoms with Gasteiger partial charge in [-0.3, -0.25) is 4.79 Å². The molecule has 0 bridgehead atoms. The van der Waals surface area contributed by atoms with Gasteiger partial charge in [0, 0.05) is 6.42 Å². The Labute approximate surface area is 102 Å². The first-order valence-electron chi connectivity index (χ1n) is 4.40. The lowest BCUT2D eigenvalue weighted by Gasteiger charge is -2.08. The summed E-state index contributed by atoms with van der Waals surface area (Å²) in [4.78, 5) is 21.1. The molecule has 0 aliphatic heterocycles. The molecule has 0 amide bonds. The molecule has 0 aliphatic carbocycles. The molecule has 0 aliphatic rings. The molecule has 3 N–H and O–H groups in total. The third kappa shape index (κ3) is 5.71. The van der Waals surface area contributed by atoms with Gasteiger partial charge in [0.15, 0.2) is 6.04 Å². The van der Waals surface area contributed by atoms with Crippen molar-refractivity contribution in [1.29, 1.82) is 0 Å². The van der Waals surface area contributed by atoms with Gasteiger partial charge >= 0.3 is 14.1 Å². The molecule has 0 saturated heterocycles. The van der Waals surface area contributed by atoms with Gasteiger partial charge in [0.2, 0.25) is 0 Å². The third-order valence-corrected chi connectivity index (χ3v) is 2.46. The lowest BCUT2D eigenvalue weighted by Crippen LogP contribution is -2.35. The van der Waals surface area contributed by atoms with Crippen molar-refractivity contribution in [2.75, 3.05) is 0 Å². The number of phenolic OH excluding ortho intramolecular Hbond substituents is 1. The minimum absolute atomic E-state index is 0. The van der Waals surface area contributed by atoms with Crippen molar-refractivity contribution in [3.63, 3.8) is 0 Å². The molecule has 0 spiro atoms. The lowest BCUT2D eigenvalue weighted by atomic mass is 10.1. The first-order valence-corrected chi connectivity index (χ1v) is 5.58. The van der Waals surface area contributed by atoms with Crippen LogP contribution in [0.4, 0.5) is 0 Å². The fourth-order valence-corrected chi connectivity index (χ4v) is 1.64. The lowest BCUT2D eigenvalue weighted by molar-refractivity contribution is -0.169. The maximum absolute atomic E-state index is 10.7. The smallest absolute Gasteiger partial charge is 0.409 e. The summed E-state index contributed by atoms with van der Waals surface area (Å²) in [5, 5.41) is 19.7. The topological polar surface area (TPSA) is 110 Å². The summed E-state index contributed by atoms with van der Waals surface area (Å²) in [6.07, 6.45) is 0.0267. The first-order chi connectivity index (χ1) is 7.49. The predicted octanol–water partition coefficient (Wildman–Crippen LogP) is 0.0533. The Bertz CT molecular complexity index is 395. The summed E-state index contributed by atoms with van der Waals surface area (Å²) in [5.41, 5.74) is 0.620. The van der Waals surface area contributed by atoms with Gasteiger partial charge in [0.25, 0.3) is 0 Å². The van der Waals surface area contributed by atoms with Gasteiger partial charge in [-0.1, -0.05) is 21.8 Å². The summed E-state index contributed by atoms with van der Waals surface area (Å²) in [6, 6.07) is 4.69. The van der Waals surface area contributed by atoms with Crippen LogP contribution in [0.3, 0.4) is 0 Å². The Balaban J connectivity index is 0.00000256. The van der Waals surface area contributed by atoms with Crippen LogP contribution < -0.4 is 9.98 Å². The number of aliphatic carboxylic acids is 1. The van der Waals surface area contributed by atoms with Crippen molar-refractivity contribution in [2.45, 2.75) is 12.5 Å². The third-order valence-electron chi connectivity index (χ3n) is 1.94. The van der Waals surface area contributed by atoms with E-state index < -0.39 is 20.2 Å². The van der Waals surface area contributed by atoms with Gasteiger partial charge in [-0.2, -0.15) is 9.90 Å². The zero-order chi connectivity index (χ0) is 12.1. The number of carboxylic acids is 1. The van der Waals surface area contributed by atoms with Gasteiger partial charge in [0.05, 0.1) is 0 Å². The quantitative estimate of drug-likeness (QED) is 0.656. The van der Waals surface area contributed by atoms with Crippen molar-refractivity contribution in [3.05, 3.63) is 29.8 Å². The van der Waals surface area contributed by atoms with Crippen LogP contribution in [0.1, 0.15) is 5.56 Å². The number of carboxylic acid groups (broad SMARTS) is 1. The molecule has 0 radical (unpaired) electrons. The van der Waals surface area contributed by atoms with E-state index in [0.29, 0.717) is 5.56 Å². The molecule has 0 fully saturated rings. The van der Waals surface area contributed by atoms with Gasteiger partial charge in [-0.05, 0) is 17.7 Å². The van der Waals surface area contributed by atoms with Crippen molar-refractivity contribution in [2.24, 2.45) is 0 Å². The van der Waals surface area contributed by atoms with Crippen LogP contribution >= 0.6 is 18.1 Å². The van der Waals surface area contributed by atoms with E-state index in [-0.39, 0.29) is 22.1 Å². The highest BCUT2D eigenvalue weighted by atomic mass is 31.1. The summed E-state index contributed by atoms with van der Waals surface area (Å²) >= 11 is 0. The average molecular weight is 277 g/mol. The van der Waals surface area contributed by atoms with E-state index in [9.17, 15) is 14.3 Å². The van der Waals surface area contributed by atoms with E-state index in [4.69, 9.17) is 10.2 Å². The summed E-state index contributed by atoms with van der Waals surface area (Å²) < 4.78 is 10.4. The number of phenols is 1. The van der Waals surface area contributed by atoms with E-state index in [2.05, 4.69) is 0 Å². The average Bonchev–Trinajstić information content (AvgIpc) is 2.19. The molecule has 0 heterocycles. The molecule has 94 valence electrons. The van der Waals surface area contributed by atoms with Gasteiger partial charge < -0.3 is 15.1 Å². The maximum Gasteiger partial charge on any atom is 0.409 e. The summed E-state index contributed by atoms with van der Waals surface area (Å²) in [6.45, 7) is 0. The standard InChI is InChI=1S/C9H10NO5P.H3P/c11-7-3-1-6(2-4-7)5-8(9(12)13)10-16(14)15;/h1-4,8,11H,5H2,(H,12,13)(H,10,14,15);1H3. The van der Waals surface area contributed by atoms with Crippen LogP contribution in [0.15, 0.2) is 24.3 Å². The van der Waals surface area contributed by atoms with Crippen LogP contribution in [0, 0.1) is 0 Å². The molecule has 1 aromatic carbocycles.